The minimum absolute atomic E-state index is 0.0996. The Morgan fingerprint density at radius 2 is 1.74 bits per heavy atom. The topological polar surface area (TPSA) is 83.6 Å². The number of hydrogen-bond acceptors (Lipinski definition) is 4. The van der Waals surface area contributed by atoms with Gasteiger partial charge in [0.15, 0.2) is 9.84 Å². The summed E-state index contributed by atoms with van der Waals surface area (Å²) >= 11 is 0. The van der Waals surface area contributed by atoms with E-state index < -0.39 is 9.84 Å². The van der Waals surface area contributed by atoms with Crippen molar-refractivity contribution in [2.24, 2.45) is 0 Å². The molecule has 6 nitrogen and oxygen atoms in total. The van der Waals surface area contributed by atoms with Crippen LogP contribution in [0.1, 0.15) is 25.8 Å². The number of benzene rings is 2. The quantitative estimate of drug-likeness (QED) is 0.790. The standard InChI is InChI=1S/C20H24N2O4S/c1-4-22(18-7-5-6-15(2)14-18)20(24)12-13-27(25,26)19-10-8-17(9-11-19)21-16(3)23/h5-11,14H,4,12-13H2,1-3H3,(H,21,23). The largest absolute Gasteiger partial charge is 0.326 e. The maximum atomic E-state index is 12.6. The van der Waals surface area contributed by atoms with Gasteiger partial charge in [0.05, 0.1) is 10.6 Å². The Bertz CT molecular complexity index is 921. The molecule has 2 aromatic rings. The summed E-state index contributed by atoms with van der Waals surface area (Å²) in [6.45, 7) is 5.64. The average Bonchev–Trinajstić information content (AvgIpc) is 2.61. The lowest BCUT2D eigenvalue weighted by molar-refractivity contribution is -0.118. The van der Waals surface area contributed by atoms with Crippen molar-refractivity contribution in [1.82, 2.24) is 0 Å². The third-order valence-electron chi connectivity index (χ3n) is 4.05. The molecule has 0 fully saturated rings. The van der Waals surface area contributed by atoms with Gasteiger partial charge >= 0.3 is 0 Å². The highest BCUT2D eigenvalue weighted by Crippen LogP contribution is 2.19. The van der Waals surface area contributed by atoms with Crippen LogP contribution in [0.5, 0.6) is 0 Å². The second kappa shape index (κ2) is 8.81. The first-order chi connectivity index (χ1) is 12.7. The zero-order valence-electron chi connectivity index (χ0n) is 15.7. The third kappa shape index (κ3) is 5.65. The summed E-state index contributed by atoms with van der Waals surface area (Å²) in [7, 11) is -3.59. The highest BCUT2D eigenvalue weighted by Gasteiger charge is 2.20. The van der Waals surface area contributed by atoms with Crippen LogP contribution in [-0.4, -0.2) is 32.5 Å². The van der Waals surface area contributed by atoms with Gasteiger partial charge in [0.25, 0.3) is 0 Å². The summed E-state index contributed by atoms with van der Waals surface area (Å²) in [6, 6.07) is 13.5. The van der Waals surface area contributed by atoms with Gasteiger partial charge in [-0.2, -0.15) is 0 Å². The number of rotatable bonds is 7. The molecule has 0 aliphatic carbocycles. The fourth-order valence-electron chi connectivity index (χ4n) is 2.72. The third-order valence-corrected chi connectivity index (χ3v) is 5.78. The van der Waals surface area contributed by atoms with Crippen molar-refractivity contribution < 1.29 is 18.0 Å². The number of nitrogens with one attached hydrogen (secondary N) is 1. The molecule has 2 rings (SSSR count). The zero-order valence-corrected chi connectivity index (χ0v) is 16.5. The Kier molecular flexibility index (Phi) is 6.74. The Morgan fingerprint density at radius 1 is 1.07 bits per heavy atom. The number of anilines is 2. The zero-order chi connectivity index (χ0) is 20.0. The van der Waals surface area contributed by atoms with Crippen molar-refractivity contribution in [1.29, 1.82) is 0 Å². The number of carbonyl (C=O) groups excluding carboxylic acids is 2. The maximum Gasteiger partial charge on any atom is 0.228 e. The number of amides is 2. The number of aryl methyl sites for hydroxylation is 1. The molecular formula is C20H24N2O4S. The molecule has 0 aromatic heterocycles. The molecule has 0 spiro atoms. The van der Waals surface area contributed by atoms with E-state index in [-0.39, 0.29) is 28.9 Å². The van der Waals surface area contributed by atoms with E-state index in [1.165, 1.54) is 31.2 Å². The predicted octanol–water partition coefficient (Wildman–Crippen LogP) is 3.17. The van der Waals surface area contributed by atoms with Gasteiger partial charge in [-0.3, -0.25) is 9.59 Å². The lowest BCUT2D eigenvalue weighted by Crippen LogP contribution is -2.32. The highest BCUT2D eigenvalue weighted by molar-refractivity contribution is 7.91. The predicted molar refractivity (Wildman–Crippen MR) is 107 cm³/mol. The molecule has 2 amide bonds. The summed E-state index contributed by atoms with van der Waals surface area (Å²) in [5.74, 6) is -0.735. The van der Waals surface area contributed by atoms with Crippen molar-refractivity contribution >= 4 is 33.0 Å². The monoisotopic (exact) mass is 388 g/mol. The number of nitrogens with zero attached hydrogens (tertiary/aromatic N) is 1. The SMILES string of the molecule is CCN(C(=O)CCS(=O)(=O)c1ccc(NC(C)=O)cc1)c1cccc(C)c1. The Hall–Kier alpha value is -2.67. The molecule has 7 heteroatoms. The van der Waals surface area contributed by atoms with Crippen molar-refractivity contribution in [3.63, 3.8) is 0 Å². The second-order valence-corrected chi connectivity index (χ2v) is 8.36. The van der Waals surface area contributed by atoms with Crippen LogP contribution in [-0.2, 0) is 19.4 Å². The first-order valence-corrected chi connectivity index (χ1v) is 10.4. The molecular weight excluding hydrogens is 364 g/mol. The smallest absolute Gasteiger partial charge is 0.228 e. The first kappa shape index (κ1) is 20.6. The molecule has 0 saturated heterocycles. The molecule has 0 aliphatic heterocycles. The van der Waals surface area contributed by atoms with Crippen molar-refractivity contribution in [2.45, 2.75) is 32.1 Å². The molecule has 0 radical (unpaired) electrons. The van der Waals surface area contributed by atoms with Gasteiger partial charge in [0.1, 0.15) is 0 Å². The Balaban J connectivity index is 2.07. The molecule has 0 bridgehead atoms. The minimum atomic E-state index is -3.59. The van der Waals surface area contributed by atoms with E-state index in [9.17, 15) is 18.0 Å². The van der Waals surface area contributed by atoms with Gasteiger partial charge < -0.3 is 10.2 Å². The van der Waals surface area contributed by atoms with Crippen LogP contribution in [0, 0.1) is 6.92 Å². The number of carbonyl (C=O) groups is 2. The van der Waals surface area contributed by atoms with Gasteiger partial charge in [0.2, 0.25) is 11.8 Å². The minimum Gasteiger partial charge on any atom is -0.326 e. The molecule has 0 atom stereocenters. The van der Waals surface area contributed by atoms with Crippen molar-refractivity contribution in [3.05, 3.63) is 54.1 Å². The number of sulfone groups is 1. The summed E-state index contributed by atoms with van der Waals surface area (Å²) in [6.07, 6.45) is -0.0996. The van der Waals surface area contributed by atoms with Crippen molar-refractivity contribution in [2.75, 3.05) is 22.5 Å². The fraction of sp³-hybridized carbons (Fsp3) is 0.300. The summed E-state index contributed by atoms with van der Waals surface area (Å²) in [4.78, 5) is 25.3. The van der Waals surface area contributed by atoms with Crippen LogP contribution in [0.2, 0.25) is 0 Å². The molecule has 144 valence electrons. The van der Waals surface area contributed by atoms with Gasteiger partial charge in [-0.1, -0.05) is 12.1 Å². The van der Waals surface area contributed by atoms with E-state index in [2.05, 4.69) is 5.32 Å². The second-order valence-electron chi connectivity index (χ2n) is 6.25. The fourth-order valence-corrected chi connectivity index (χ4v) is 3.95. The van der Waals surface area contributed by atoms with Crippen LogP contribution in [0.25, 0.3) is 0 Å². The summed E-state index contributed by atoms with van der Waals surface area (Å²) in [5.41, 5.74) is 2.32. The normalized spacial score (nSPS) is 11.1. The Labute approximate surface area is 160 Å². The van der Waals surface area contributed by atoms with Gasteiger partial charge in [-0.15, -0.1) is 0 Å². The lowest BCUT2D eigenvalue weighted by Gasteiger charge is -2.21. The molecule has 2 aromatic carbocycles. The van der Waals surface area contributed by atoms with Gasteiger partial charge in [-0.25, -0.2) is 8.42 Å². The Morgan fingerprint density at radius 3 is 2.30 bits per heavy atom. The van der Waals surface area contributed by atoms with Crippen LogP contribution < -0.4 is 10.2 Å². The first-order valence-electron chi connectivity index (χ1n) is 8.70. The van der Waals surface area contributed by atoms with Gasteiger partial charge in [0, 0.05) is 31.3 Å². The summed E-state index contributed by atoms with van der Waals surface area (Å²) in [5, 5.41) is 2.58. The molecule has 0 heterocycles. The molecule has 27 heavy (non-hydrogen) atoms. The van der Waals surface area contributed by atoms with E-state index in [1.54, 1.807) is 4.90 Å². The van der Waals surface area contributed by atoms with Gasteiger partial charge in [-0.05, 0) is 55.8 Å². The van der Waals surface area contributed by atoms with E-state index in [0.29, 0.717) is 12.2 Å². The van der Waals surface area contributed by atoms with Crippen LogP contribution >= 0.6 is 0 Å². The lowest BCUT2D eigenvalue weighted by atomic mass is 10.2. The molecule has 1 N–H and O–H groups in total. The molecule has 0 unspecified atom stereocenters. The highest BCUT2D eigenvalue weighted by atomic mass is 32.2. The van der Waals surface area contributed by atoms with Crippen LogP contribution in [0.3, 0.4) is 0 Å². The van der Waals surface area contributed by atoms with E-state index in [0.717, 1.165) is 11.3 Å². The average molecular weight is 388 g/mol. The molecule has 0 saturated carbocycles. The summed E-state index contributed by atoms with van der Waals surface area (Å²) < 4.78 is 25.0. The molecule has 0 aliphatic rings. The number of hydrogen-bond donors (Lipinski definition) is 1. The van der Waals surface area contributed by atoms with E-state index >= 15 is 0 Å². The van der Waals surface area contributed by atoms with Crippen LogP contribution in [0.15, 0.2) is 53.4 Å². The maximum absolute atomic E-state index is 12.6. The van der Waals surface area contributed by atoms with E-state index in [1.807, 2.05) is 38.1 Å². The van der Waals surface area contributed by atoms with Crippen molar-refractivity contribution in [3.8, 4) is 0 Å². The van der Waals surface area contributed by atoms with Crippen LogP contribution in [0.4, 0.5) is 11.4 Å². The van der Waals surface area contributed by atoms with E-state index in [4.69, 9.17) is 0 Å².